The molecule has 218 valence electrons. The van der Waals surface area contributed by atoms with Crippen molar-refractivity contribution in [3.8, 4) is 0 Å². The first-order valence-electron chi connectivity index (χ1n) is 13.2. The maximum absolute atomic E-state index is 13.4. The number of carbonyl (C=O) groups is 4. The number of methoxy groups -OCH3 is 1. The van der Waals surface area contributed by atoms with Gasteiger partial charge in [-0.15, -0.1) is 10.2 Å². The van der Waals surface area contributed by atoms with Crippen LogP contribution < -0.4 is 10.6 Å². The summed E-state index contributed by atoms with van der Waals surface area (Å²) >= 11 is 5.95. The molecule has 1 aliphatic heterocycles. The number of amides is 3. The molecular weight excluding hydrogens is 540 g/mol. The fourth-order valence-electron chi connectivity index (χ4n) is 4.53. The molecule has 3 rings (SSSR count). The predicted octanol–water partition coefficient (Wildman–Crippen LogP) is 3.14. The molecule has 3 atom stereocenters. The number of ether oxygens (including phenoxy) is 1. The minimum atomic E-state index is -0.968. The molecule has 2 aromatic heterocycles. The number of pyridine rings is 1. The zero-order valence-corrected chi connectivity index (χ0v) is 24.6. The van der Waals surface area contributed by atoms with E-state index in [2.05, 4.69) is 30.6 Å². The molecule has 1 fully saturated rings. The molecule has 3 heterocycles. The van der Waals surface area contributed by atoms with Gasteiger partial charge in [-0.3, -0.25) is 19.4 Å². The van der Waals surface area contributed by atoms with Crippen LogP contribution in [0.1, 0.15) is 76.7 Å². The van der Waals surface area contributed by atoms with Crippen molar-refractivity contribution in [1.82, 2.24) is 30.7 Å². The fraction of sp³-hybridized carbons (Fsp3) is 0.593. The van der Waals surface area contributed by atoms with E-state index in [1.54, 1.807) is 39.8 Å². The number of hydrogen-bond donors (Lipinski definition) is 2. The van der Waals surface area contributed by atoms with Crippen molar-refractivity contribution in [3.63, 3.8) is 0 Å². The number of nitrogens with zero attached hydrogens (tertiary/aromatic N) is 4. The van der Waals surface area contributed by atoms with Crippen LogP contribution >= 0.6 is 11.6 Å². The van der Waals surface area contributed by atoms with E-state index < -0.39 is 41.3 Å². The number of nitrogens with one attached hydrogen (secondary N) is 2. The van der Waals surface area contributed by atoms with E-state index in [1.807, 2.05) is 13.8 Å². The first-order valence-corrected chi connectivity index (χ1v) is 13.6. The summed E-state index contributed by atoms with van der Waals surface area (Å²) in [6.07, 6.45) is 1.81. The largest absolute Gasteiger partial charge is 0.453 e. The number of carbonyl (C=O) groups excluding carboxylic acids is 4. The standard InChI is InChI=1S/C27H37ClN6O6/c1-14(2)19(21(35)23-32-33-25(40-23)27(5,6)18-11-10-16(28)13-29-18)30-22(36)17-9-8-12-34(17)24(37)20(15(3)4)31-26(38)39-7/h10-11,13-15,17,19-20H,8-9,12H2,1-7H3,(H,30,36)(H,31,38)/t17-,19-,20-/m0/s1. The lowest BCUT2D eigenvalue weighted by Gasteiger charge is -2.31. The number of hydrogen-bond acceptors (Lipinski definition) is 9. The third kappa shape index (κ3) is 6.78. The molecule has 0 saturated carbocycles. The van der Waals surface area contributed by atoms with Crippen molar-refractivity contribution in [2.45, 2.75) is 77.9 Å². The van der Waals surface area contributed by atoms with Gasteiger partial charge in [-0.25, -0.2) is 4.79 Å². The van der Waals surface area contributed by atoms with Gasteiger partial charge in [-0.05, 0) is 50.7 Å². The van der Waals surface area contributed by atoms with Crippen LogP contribution in [0.5, 0.6) is 0 Å². The van der Waals surface area contributed by atoms with Crippen molar-refractivity contribution in [1.29, 1.82) is 0 Å². The van der Waals surface area contributed by atoms with E-state index in [0.29, 0.717) is 30.1 Å². The van der Waals surface area contributed by atoms with Crippen LogP contribution in [0.25, 0.3) is 0 Å². The predicted molar refractivity (Wildman–Crippen MR) is 146 cm³/mol. The average molecular weight is 577 g/mol. The summed E-state index contributed by atoms with van der Waals surface area (Å²) in [5.41, 5.74) is -0.177. The Bertz CT molecular complexity index is 1230. The highest BCUT2D eigenvalue weighted by Gasteiger charge is 2.41. The first kappa shape index (κ1) is 31.0. The van der Waals surface area contributed by atoms with E-state index in [9.17, 15) is 19.2 Å². The van der Waals surface area contributed by atoms with Crippen molar-refractivity contribution in [2.24, 2.45) is 11.8 Å². The van der Waals surface area contributed by atoms with Crippen LogP contribution in [-0.2, 0) is 19.7 Å². The SMILES string of the molecule is COC(=O)N[C@H](C(=O)N1CCC[C@H]1C(=O)N[C@H](C(=O)c1nnc(C(C)(C)c2ccc(Cl)cn2)o1)C(C)C)C(C)C. The Kier molecular flexibility index (Phi) is 9.88. The molecule has 0 spiro atoms. The summed E-state index contributed by atoms with van der Waals surface area (Å²) < 4.78 is 10.4. The Morgan fingerprint density at radius 3 is 2.33 bits per heavy atom. The molecule has 1 saturated heterocycles. The van der Waals surface area contributed by atoms with Crippen molar-refractivity contribution in [2.75, 3.05) is 13.7 Å². The lowest BCUT2D eigenvalue weighted by molar-refractivity contribution is -0.141. The van der Waals surface area contributed by atoms with Gasteiger partial charge in [0.25, 0.3) is 5.89 Å². The maximum atomic E-state index is 13.4. The molecular formula is C27H37ClN6O6. The molecule has 0 bridgehead atoms. The Labute approximate surface area is 238 Å². The minimum Gasteiger partial charge on any atom is -0.453 e. The molecule has 2 aromatic rings. The van der Waals surface area contributed by atoms with Gasteiger partial charge in [0.1, 0.15) is 12.1 Å². The van der Waals surface area contributed by atoms with E-state index in [4.69, 9.17) is 16.0 Å². The molecule has 3 amide bonds. The first-order chi connectivity index (χ1) is 18.8. The summed E-state index contributed by atoms with van der Waals surface area (Å²) in [6.45, 7) is 11.2. The zero-order valence-electron chi connectivity index (χ0n) is 23.9. The van der Waals surface area contributed by atoms with Crippen LogP contribution in [0.15, 0.2) is 22.7 Å². The summed E-state index contributed by atoms with van der Waals surface area (Å²) in [6, 6.07) is 0.813. The monoisotopic (exact) mass is 576 g/mol. The normalized spacial score (nSPS) is 17.1. The second kappa shape index (κ2) is 12.8. The van der Waals surface area contributed by atoms with Crippen LogP contribution in [0.2, 0.25) is 5.02 Å². The summed E-state index contributed by atoms with van der Waals surface area (Å²) in [5, 5.41) is 13.9. The zero-order chi connectivity index (χ0) is 29.8. The molecule has 40 heavy (non-hydrogen) atoms. The van der Waals surface area contributed by atoms with E-state index in [1.165, 1.54) is 18.2 Å². The van der Waals surface area contributed by atoms with Gasteiger partial charge in [0.15, 0.2) is 0 Å². The molecule has 13 heteroatoms. The molecule has 0 aliphatic carbocycles. The summed E-state index contributed by atoms with van der Waals surface area (Å²) in [7, 11) is 1.22. The highest BCUT2D eigenvalue weighted by Crippen LogP contribution is 2.30. The van der Waals surface area contributed by atoms with E-state index >= 15 is 0 Å². The third-order valence-electron chi connectivity index (χ3n) is 7.02. The Hall–Kier alpha value is -3.54. The van der Waals surface area contributed by atoms with Gasteiger partial charge in [0, 0.05) is 12.7 Å². The van der Waals surface area contributed by atoms with E-state index in [-0.39, 0.29) is 29.5 Å². The van der Waals surface area contributed by atoms with Gasteiger partial charge in [-0.1, -0.05) is 39.3 Å². The van der Waals surface area contributed by atoms with Gasteiger partial charge < -0.3 is 24.7 Å². The molecule has 1 aliphatic rings. The fourth-order valence-corrected chi connectivity index (χ4v) is 4.64. The number of ketones is 1. The highest BCUT2D eigenvalue weighted by atomic mass is 35.5. The van der Waals surface area contributed by atoms with Crippen LogP contribution in [0.4, 0.5) is 4.79 Å². The number of alkyl carbamates (subject to hydrolysis) is 1. The Morgan fingerprint density at radius 1 is 1.07 bits per heavy atom. The third-order valence-corrected chi connectivity index (χ3v) is 7.24. The average Bonchev–Trinajstić information content (AvgIpc) is 3.60. The van der Waals surface area contributed by atoms with Gasteiger partial charge in [0.2, 0.25) is 23.5 Å². The van der Waals surface area contributed by atoms with Crippen molar-refractivity contribution in [3.05, 3.63) is 40.8 Å². The lowest BCUT2D eigenvalue weighted by Crippen LogP contribution is -2.57. The smallest absolute Gasteiger partial charge is 0.407 e. The van der Waals surface area contributed by atoms with Gasteiger partial charge in [0.05, 0.1) is 29.3 Å². The Morgan fingerprint density at radius 2 is 1.75 bits per heavy atom. The van der Waals surface area contributed by atoms with Gasteiger partial charge >= 0.3 is 6.09 Å². The number of Topliss-reactive ketones (excluding diaryl/α,β-unsaturated/α-hetero) is 1. The van der Waals surface area contributed by atoms with Crippen molar-refractivity contribution >= 4 is 35.3 Å². The second-order valence-electron chi connectivity index (χ2n) is 11.0. The van der Waals surface area contributed by atoms with Crippen LogP contribution in [0.3, 0.4) is 0 Å². The molecule has 0 aromatic carbocycles. The lowest BCUT2D eigenvalue weighted by atomic mass is 9.89. The number of aromatic nitrogens is 3. The quantitative estimate of drug-likeness (QED) is 0.405. The molecule has 0 radical (unpaired) electrons. The highest BCUT2D eigenvalue weighted by molar-refractivity contribution is 6.30. The summed E-state index contributed by atoms with van der Waals surface area (Å²) in [4.78, 5) is 57.7. The van der Waals surface area contributed by atoms with Crippen LogP contribution in [-0.4, -0.2) is 75.6 Å². The number of halogens is 1. The summed E-state index contributed by atoms with van der Waals surface area (Å²) in [5.74, 6) is -1.99. The molecule has 0 unspecified atom stereocenters. The molecule has 2 N–H and O–H groups in total. The van der Waals surface area contributed by atoms with E-state index in [0.717, 1.165) is 0 Å². The Balaban J connectivity index is 1.77. The number of rotatable bonds is 10. The van der Waals surface area contributed by atoms with Crippen LogP contribution in [0, 0.1) is 11.8 Å². The second-order valence-corrected chi connectivity index (χ2v) is 11.5. The van der Waals surface area contributed by atoms with Gasteiger partial charge in [-0.2, -0.15) is 0 Å². The minimum absolute atomic E-state index is 0.185. The molecule has 12 nitrogen and oxygen atoms in total. The maximum Gasteiger partial charge on any atom is 0.407 e. The number of likely N-dealkylation sites (tertiary alicyclic amines) is 1. The van der Waals surface area contributed by atoms with Crippen molar-refractivity contribution < 1.29 is 28.3 Å². The topological polar surface area (TPSA) is 157 Å².